The zero-order valence-corrected chi connectivity index (χ0v) is 25.4. The maximum absolute atomic E-state index is 9.60. The van der Waals surface area contributed by atoms with Crippen LogP contribution in [0.5, 0.6) is 0 Å². The first kappa shape index (κ1) is 14.3. The van der Waals surface area contributed by atoms with Gasteiger partial charge in [0.25, 0.3) is 0 Å². The van der Waals surface area contributed by atoms with Crippen LogP contribution < -0.4 is 0 Å². The second kappa shape index (κ2) is 11.4. The zero-order chi connectivity index (χ0) is 51.3. The molecular weight excluding hydrogens is 611 g/mol. The van der Waals surface area contributed by atoms with Crippen LogP contribution in [0.15, 0.2) is 175 Å². The van der Waals surface area contributed by atoms with Crippen molar-refractivity contribution in [1.82, 2.24) is 24.1 Å². The Morgan fingerprint density at radius 2 is 0.900 bits per heavy atom. The Balaban J connectivity index is 1.30. The third-order valence-corrected chi connectivity index (χ3v) is 8.09. The van der Waals surface area contributed by atoms with Crippen molar-refractivity contribution in [1.29, 1.82) is 0 Å². The summed E-state index contributed by atoms with van der Waals surface area (Å²) < 4.78 is 189. The predicted molar refractivity (Wildman–Crippen MR) is 205 cm³/mol. The molecule has 0 atom stereocenters. The minimum Gasteiger partial charge on any atom is -0.309 e. The van der Waals surface area contributed by atoms with Gasteiger partial charge in [0, 0.05) is 38.4 Å². The summed E-state index contributed by atoms with van der Waals surface area (Å²) in [5, 5.41) is 0.672. The minimum absolute atomic E-state index is 0.214. The maximum Gasteiger partial charge on any atom is 0.238 e. The van der Waals surface area contributed by atoms with Crippen LogP contribution in [0.4, 0.5) is 0 Å². The number of aromatic nitrogens is 5. The lowest BCUT2D eigenvalue weighted by Crippen LogP contribution is -2.06. The third-order valence-electron chi connectivity index (χ3n) is 8.09. The average molecular weight is 661 g/mol. The van der Waals surface area contributed by atoms with E-state index < -0.39 is 188 Å². The SMILES string of the molecule is [2H]c1c([2H])c([2H])c(-c2nc(-c3c([2H])c([2H])c(-c4c([2H])c([2H])c([2H])c(-n5c6c([2H])c([2H])c([2H])c([2H])c6c6c([2H])c([2H])c([2H])c([2H])c65)c4[2H])c([2H])c3[2H])nc(-n3c4ccccc4c4ccccc43)n2)c([2H])c1[2H]. The Morgan fingerprint density at radius 3 is 1.54 bits per heavy atom. The van der Waals surface area contributed by atoms with Crippen molar-refractivity contribution < 1.29 is 28.8 Å². The Kier molecular flexibility index (Phi) is 3.26. The van der Waals surface area contributed by atoms with Gasteiger partial charge >= 0.3 is 0 Å². The second-order valence-corrected chi connectivity index (χ2v) is 10.9. The fourth-order valence-corrected chi connectivity index (χ4v) is 5.95. The lowest BCUT2D eigenvalue weighted by Gasteiger charge is -2.12. The van der Waals surface area contributed by atoms with E-state index in [9.17, 15) is 6.85 Å². The molecule has 5 nitrogen and oxygen atoms in total. The molecule has 0 saturated carbocycles. The highest BCUT2D eigenvalue weighted by Gasteiger charge is 2.18. The molecule has 0 aliphatic carbocycles. The molecule has 0 aliphatic rings. The molecule has 0 N–H and O–H groups in total. The van der Waals surface area contributed by atoms with E-state index in [1.54, 1.807) is 28.8 Å². The molecule has 234 valence electrons. The molecule has 10 rings (SSSR count). The van der Waals surface area contributed by atoms with E-state index in [2.05, 4.69) is 15.0 Å². The van der Waals surface area contributed by atoms with E-state index in [0.717, 1.165) is 15.3 Å². The van der Waals surface area contributed by atoms with Gasteiger partial charge in [0.2, 0.25) is 5.95 Å². The van der Waals surface area contributed by atoms with Gasteiger partial charge in [0.15, 0.2) is 11.6 Å². The summed E-state index contributed by atoms with van der Waals surface area (Å²) in [7, 11) is 0. The number of para-hydroxylation sites is 4. The van der Waals surface area contributed by atoms with Gasteiger partial charge in [-0.05, 0) is 47.4 Å². The van der Waals surface area contributed by atoms with Crippen LogP contribution in [0, 0.1) is 0 Å². The topological polar surface area (TPSA) is 48.5 Å². The smallest absolute Gasteiger partial charge is 0.238 e. The van der Waals surface area contributed by atoms with Crippen molar-refractivity contribution in [3.8, 4) is 45.5 Å². The van der Waals surface area contributed by atoms with Crippen LogP contribution in [-0.2, 0) is 0 Å². The van der Waals surface area contributed by atoms with Crippen LogP contribution in [0.2, 0.25) is 0 Å². The predicted octanol–water partition coefficient (Wildman–Crippen LogP) is 11.1. The van der Waals surface area contributed by atoms with E-state index in [4.69, 9.17) is 21.9 Å². The molecule has 5 heteroatoms. The van der Waals surface area contributed by atoms with E-state index >= 15 is 0 Å². The first-order chi connectivity index (χ1) is 33.5. The van der Waals surface area contributed by atoms with Crippen molar-refractivity contribution in [3.63, 3.8) is 0 Å². The van der Waals surface area contributed by atoms with Gasteiger partial charge in [-0.2, -0.15) is 9.97 Å². The summed E-state index contributed by atoms with van der Waals surface area (Å²) in [6.45, 7) is 0. The van der Waals surface area contributed by atoms with Crippen LogP contribution >= 0.6 is 0 Å². The molecule has 0 fully saturated rings. The lowest BCUT2D eigenvalue weighted by molar-refractivity contribution is 0.953. The molecule has 3 aromatic heterocycles. The normalized spacial score (nSPS) is 17.5. The minimum atomic E-state index is -0.958. The Morgan fingerprint density at radius 1 is 0.380 bits per heavy atom. The summed E-state index contributed by atoms with van der Waals surface area (Å²) >= 11 is 0. The van der Waals surface area contributed by atoms with Gasteiger partial charge in [-0.15, -0.1) is 0 Å². The fraction of sp³-hybridized carbons (Fsp3) is 0. The van der Waals surface area contributed by atoms with Crippen molar-refractivity contribution in [2.75, 3.05) is 0 Å². The van der Waals surface area contributed by atoms with Gasteiger partial charge in [-0.1, -0.05) is 139 Å². The molecule has 0 unspecified atom stereocenters. The van der Waals surface area contributed by atoms with Gasteiger partial charge in [0.05, 0.1) is 50.9 Å². The van der Waals surface area contributed by atoms with E-state index in [0.29, 0.717) is 11.0 Å². The Hall–Kier alpha value is -6.85. The number of rotatable bonds is 5. The molecule has 0 radical (unpaired) electrons. The number of benzene rings is 7. The number of fused-ring (bicyclic) bond motifs is 6. The number of hydrogen-bond donors (Lipinski definition) is 0. The maximum atomic E-state index is 9.60. The first-order valence-corrected chi connectivity index (χ1v) is 15.1. The van der Waals surface area contributed by atoms with Crippen molar-refractivity contribution in [3.05, 3.63) is 175 Å². The van der Waals surface area contributed by atoms with Crippen molar-refractivity contribution in [2.45, 2.75) is 0 Å². The van der Waals surface area contributed by atoms with Crippen molar-refractivity contribution in [2.24, 2.45) is 0 Å². The van der Waals surface area contributed by atoms with E-state index in [1.807, 2.05) is 24.3 Å². The highest BCUT2D eigenvalue weighted by molar-refractivity contribution is 6.10. The lowest BCUT2D eigenvalue weighted by atomic mass is 10.0. The summed E-state index contributed by atoms with van der Waals surface area (Å²) in [5.74, 6) is -1.27. The molecule has 10 aromatic rings. The highest BCUT2D eigenvalue weighted by atomic mass is 15.2. The Bertz CT molecular complexity index is 3900. The van der Waals surface area contributed by atoms with Crippen LogP contribution in [0.1, 0.15) is 28.8 Å². The average Bonchev–Trinajstić information content (AvgIpc) is 3.89. The molecule has 0 bridgehead atoms. The van der Waals surface area contributed by atoms with Crippen LogP contribution in [0.25, 0.3) is 89.2 Å². The van der Waals surface area contributed by atoms with Gasteiger partial charge in [0.1, 0.15) is 0 Å². The molecule has 0 aliphatic heterocycles. The summed E-state index contributed by atoms with van der Waals surface area (Å²) in [6, 6.07) is -2.78. The molecule has 7 aromatic carbocycles. The quantitative estimate of drug-likeness (QED) is 0.185. The second-order valence-electron chi connectivity index (χ2n) is 10.9. The first-order valence-electron chi connectivity index (χ1n) is 25.6. The largest absolute Gasteiger partial charge is 0.309 e. The molecular formula is C45H29N5. The van der Waals surface area contributed by atoms with Gasteiger partial charge in [-0.3, -0.25) is 4.57 Å². The van der Waals surface area contributed by atoms with Gasteiger partial charge < -0.3 is 4.57 Å². The van der Waals surface area contributed by atoms with E-state index in [1.165, 1.54) is 0 Å². The fourth-order valence-electron chi connectivity index (χ4n) is 5.95. The number of hydrogen-bond acceptors (Lipinski definition) is 3. The summed E-state index contributed by atoms with van der Waals surface area (Å²) in [6.07, 6.45) is 0. The standard InChI is InChI=1S/C45H29N5/c1-2-13-31(14-3-1)43-46-44(48-45(47-43)50-41-23-10-6-19-37(41)38-20-7-11-24-42(38)50)32-27-25-30(26-28-32)33-15-12-16-34(29-33)49-39-21-8-4-17-35(39)36-18-5-9-22-40(36)49/h1-29H/i1D,2D,3D,4D,5D,8D,9D,12D,13D,14D,15D,16D,17D,18D,21D,22D,25D,26D,27D,28D,29D. The van der Waals surface area contributed by atoms with Crippen LogP contribution in [0.3, 0.4) is 0 Å². The van der Waals surface area contributed by atoms with Crippen molar-refractivity contribution >= 4 is 43.6 Å². The molecule has 3 heterocycles. The van der Waals surface area contributed by atoms with Crippen LogP contribution in [-0.4, -0.2) is 24.1 Å². The third kappa shape index (κ3) is 4.52. The molecule has 0 amide bonds. The number of nitrogens with zero attached hydrogens (tertiary/aromatic N) is 5. The monoisotopic (exact) mass is 660 g/mol. The molecule has 0 spiro atoms. The molecule has 0 saturated heterocycles. The molecule has 50 heavy (non-hydrogen) atoms. The van der Waals surface area contributed by atoms with E-state index in [-0.39, 0.29) is 5.95 Å². The summed E-state index contributed by atoms with van der Waals surface area (Å²) in [5.41, 5.74) is -3.25. The highest BCUT2D eigenvalue weighted by Crippen LogP contribution is 2.35. The summed E-state index contributed by atoms with van der Waals surface area (Å²) in [4.78, 5) is 13.7. The van der Waals surface area contributed by atoms with Gasteiger partial charge in [-0.25, -0.2) is 4.98 Å². The Labute approximate surface area is 317 Å². The zero-order valence-electron chi connectivity index (χ0n) is 46.4.